The highest BCUT2D eigenvalue weighted by Crippen LogP contribution is 2.24. The van der Waals surface area contributed by atoms with Crippen LogP contribution < -0.4 is 5.43 Å². The van der Waals surface area contributed by atoms with Gasteiger partial charge in [0, 0.05) is 0 Å². The number of anilines is 1. The maximum absolute atomic E-state index is 12.0. The molecule has 0 aromatic heterocycles. The van der Waals surface area contributed by atoms with Crippen molar-refractivity contribution in [2.24, 2.45) is 5.10 Å². The smallest absolute Gasteiger partial charge is 0.338 e. The summed E-state index contributed by atoms with van der Waals surface area (Å²) in [5.41, 5.74) is 5.20. The van der Waals surface area contributed by atoms with E-state index in [1.807, 2.05) is 24.3 Å². The number of hydrogen-bond acceptors (Lipinski definition) is 6. The van der Waals surface area contributed by atoms with Gasteiger partial charge in [0.15, 0.2) is 0 Å². The molecule has 0 saturated heterocycles. The number of hydrogen-bond donors (Lipinski definition) is 1. The number of rotatable bonds is 5. The number of carbonyl (C=O) groups excluding carboxylic acids is 1. The fraction of sp³-hybridized carbons (Fsp3) is 0.158. The van der Waals surface area contributed by atoms with Gasteiger partial charge in [-0.2, -0.15) is 15.6 Å². The highest BCUT2D eigenvalue weighted by atomic mass is 16.5. The lowest BCUT2D eigenvalue weighted by molar-refractivity contribution is 0.0378. The molecule has 0 aliphatic rings. The summed E-state index contributed by atoms with van der Waals surface area (Å²) in [6.45, 7) is 3.60. The molecule has 1 N–H and O–H groups in total. The summed E-state index contributed by atoms with van der Waals surface area (Å²) in [7, 11) is 0. The first kappa shape index (κ1) is 17.7. The van der Waals surface area contributed by atoms with E-state index >= 15 is 0 Å². The van der Waals surface area contributed by atoms with Crippen LogP contribution in [0.3, 0.4) is 0 Å². The Bertz CT molecular complexity index is 873. The number of carbonyl (C=O) groups is 1. The Hall–Kier alpha value is -3.64. The first-order valence-electron chi connectivity index (χ1n) is 7.59. The maximum atomic E-state index is 12.0. The van der Waals surface area contributed by atoms with Crippen molar-refractivity contribution in [1.29, 1.82) is 10.5 Å². The number of benzene rings is 2. The quantitative estimate of drug-likeness (QED) is 0.511. The van der Waals surface area contributed by atoms with Crippen LogP contribution in [0.4, 0.5) is 5.69 Å². The third-order valence-electron chi connectivity index (χ3n) is 3.15. The lowest BCUT2D eigenvalue weighted by Gasteiger charge is -2.10. The molecule has 0 fully saturated rings. The van der Waals surface area contributed by atoms with Gasteiger partial charge in [-0.1, -0.05) is 24.3 Å². The largest absolute Gasteiger partial charge is 0.459 e. The minimum atomic E-state index is -0.372. The van der Waals surface area contributed by atoms with E-state index in [2.05, 4.69) is 10.5 Å². The number of esters is 1. The van der Waals surface area contributed by atoms with E-state index in [-0.39, 0.29) is 17.8 Å². The van der Waals surface area contributed by atoms with E-state index in [0.717, 1.165) is 11.1 Å². The average molecular weight is 332 g/mol. The van der Waals surface area contributed by atoms with Crippen molar-refractivity contribution in [2.45, 2.75) is 20.0 Å². The summed E-state index contributed by atoms with van der Waals surface area (Å²) in [4.78, 5) is 12.0. The van der Waals surface area contributed by atoms with E-state index in [4.69, 9.17) is 15.3 Å². The molecule has 2 aromatic carbocycles. The second-order valence-electron chi connectivity index (χ2n) is 5.41. The molecule has 0 unspecified atom stereocenters. The molecule has 2 aromatic rings. The van der Waals surface area contributed by atoms with Gasteiger partial charge in [-0.05, 0) is 49.2 Å². The second kappa shape index (κ2) is 8.28. The summed E-state index contributed by atoms with van der Waals surface area (Å²) in [6.07, 6.45) is -0.184. The molecule has 0 aliphatic heterocycles. The van der Waals surface area contributed by atoms with E-state index in [1.165, 1.54) is 0 Å². The van der Waals surface area contributed by atoms with Gasteiger partial charge in [-0.3, -0.25) is 5.43 Å². The summed E-state index contributed by atoms with van der Waals surface area (Å²) in [5, 5.41) is 21.1. The number of hydrazone groups is 1. The number of nitriles is 2. The van der Waals surface area contributed by atoms with E-state index in [9.17, 15) is 4.79 Å². The standard InChI is InChI=1S/C19H16N4O2/c1-13(2)25-19(24)16-7-3-5-14(9-16)15-6-4-8-17(10-15)22-23-18(11-20)12-21/h3-10,13,22H,1-2H3. The van der Waals surface area contributed by atoms with Crippen molar-refractivity contribution >= 4 is 17.4 Å². The van der Waals surface area contributed by atoms with Crippen molar-refractivity contribution in [3.63, 3.8) is 0 Å². The van der Waals surface area contributed by atoms with Gasteiger partial charge in [0.05, 0.1) is 17.4 Å². The summed E-state index contributed by atoms with van der Waals surface area (Å²) in [6, 6.07) is 17.7. The van der Waals surface area contributed by atoms with Gasteiger partial charge in [-0.15, -0.1) is 0 Å². The van der Waals surface area contributed by atoms with Gasteiger partial charge in [0.1, 0.15) is 12.1 Å². The maximum Gasteiger partial charge on any atom is 0.338 e. The Balaban J connectivity index is 2.27. The minimum absolute atomic E-state index is 0.184. The summed E-state index contributed by atoms with van der Waals surface area (Å²) in [5.74, 6) is -0.372. The zero-order chi connectivity index (χ0) is 18.2. The van der Waals surface area contributed by atoms with Crippen LogP contribution in [0.5, 0.6) is 0 Å². The van der Waals surface area contributed by atoms with Gasteiger partial charge in [0.2, 0.25) is 5.71 Å². The molecular weight excluding hydrogens is 316 g/mol. The Morgan fingerprint density at radius 1 is 1.08 bits per heavy atom. The first-order chi connectivity index (χ1) is 12.0. The summed E-state index contributed by atoms with van der Waals surface area (Å²) < 4.78 is 5.21. The Labute approximate surface area is 146 Å². The van der Waals surface area contributed by atoms with Crippen LogP contribution >= 0.6 is 0 Å². The van der Waals surface area contributed by atoms with E-state index in [1.54, 1.807) is 50.3 Å². The SMILES string of the molecule is CC(C)OC(=O)c1cccc(-c2cccc(NN=C(C#N)C#N)c2)c1. The number of ether oxygens (including phenoxy) is 1. The first-order valence-corrected chi connectivity index (χ1v) is 7.59. The fourth-order valence-corrected chi connectivity index (χ4v) is 2.07. The zero-order valence-electron chi connectivity index (χ0n) is 13.9. The highest BCUT2D eigenvalue weighted by Gasteiger charge is 2.10. The molecule has 25 heavy (non-hydrogen) atoms. The molecular formula is C19H16N4O2. The van der Waals surface area contributed by atoms with Crippen molar-refractivity contribution < 1.29 is 9.53 Å². The third kappa shape index (κ3) is 4.92. The van der Waals surface area contributed by atoms with E-state index < -0.39 is 0 Å². The van der Waals surface area contributed by atoms with Crippen LogP contribution in [0.25, 0.3) is 11.1 Å². The van der Waals surface area contributed by atoms with Gasteiger partial charge < -0.3 is 4.74 Å². The lowest BCUT2D eigenvalue weighted by Crippen LogP contribution is -2.11. The number of nitrogens with zero attached hydrogens (tertiary/aromatic N) is 3. The Morgan fingerprint density at radius 3 is 2.36 bits per heavy atom. The molecule has 2 rings (SSSR count). The molecule has 0 saturated carbocycles. The number of nitrogens with one attached hydrogen (secondary N) is 1. The van der Waals surface area contributed by atoms with Crippen LogP contribution in [-0.2, 0) is 4.74 Å². The van der Waals surface area contributed by atoms with Crippen molar-refractivity contribution in [2.75, 3.05) is 5.43 Å². The van der Waals surface area contributed by atoms with Crippen LogP contribution in [0.2, 0.25) is 0 Å². The predicted molar refractivity (Wildman–Crippen MR) is 94.7 cm³/mol. The second-order valence-corrected chi connectivity index (χ2v) is 5.41. The molecule has 0 aliphatic carbocycles. The van der Waals surface area contributed by atoms with Gasteiger partial charge >= 0.3 is 5.97 Å². The van der Waals surface area contributed by atoms with Gasteiger partial charge in [0.25, 0.3) is 0 Å². The molecule has 6 nitrogen and oxygen atoms in total. The molecule has 0 radical (unpaired) electrons. The van der Waals surface area contributed by atoms with Crippen LogP contribution in [0, 0.1) is 22.7 Å². The van der Waals surface area contributed by atoms with Crippen LogP contribution in [0.1, 0.15) is 24.2 Å². The zero-order valence-corrected chi connectivity index (χ0v) is 13.9. The van der Waals surface area contributed by atoms with Crippen LogP contribution in [0.15, 0.2) is 53.6 Å². The minimum Gasteiger partial charge on any atom is -0.459 e. The molecule has 124 valence electrons. The molecule has 0 bridgehead atoms. The molecule has 0 heterocycles. The normalized spacial score (nSPS) is 9.64. The fourth-order valence-electron chi connectivity index (χ4n) is 2.07. The topological polar surface area (TPSA) is 98.3 Å². The summed E-state index contributed by atoms with van der Waals surface area (Å²) >= 11 is 0. The Kier molecular flexibility index (Phi) is 5.86. The Morgan fingerprint density at radius 2 is 1.72 bits per heavy atom. The third-order valence-corrected chi connectivity index (χ3v) is 3.15. The monoisotopic (exact) mass is 332 g/mol. The van der Waals surface area contributed by atoms with E-state index in [0.29, 0.717) is 11.3 Å². The molecule has 6 heteroatoms. The van der Waals surface area contributed by atoms with Gasteiger partial charge in [-0.25, -0.2) is 4.79 Å². The molecule has 0 atom stereocenters. The van der Waals surface area contributed by atoms with Crippen LogP contribution in [-0.4, -0.2) is 17.8 Å². The highest BCUT2D eigenvalue weighted by molar-refractivity contribution is 6.10. The predicted octanol–water partition coefficient (Wildman–Crippen LogP) is 3.73. The van der Waals surface area contributed by atoms with Crippen molar-refractivity contribution in [1.82, 2.24) is 0 Å². The molecule has 0 spiro atoms. The van der Waals surface area contributed by atoms with Crippen molar-refractivity contribution in [3.8, 4) is 23.3 Å². The average Bonchev–Trinajstić information content (AvgIpc) is 2.62. The van der Waals surface area contributed by atoms with Crippen molar-refractivity contribution in [3.05, 3.63) is 54.1 Å². The molecule has 0 amide bonds. The lowest BCUT2D eigenvalue weighted by atomic mass is 10.0.